The highest BCUT2D eigenvalue weighted by Crippen LogP contribution is 2.35. The van der Waals surface area contributed by atoms with E-state index >= 15 is 0 Å². The molecule has 0 bridgehead atoms. The van der Waals surface area contributed by atoms with E-state index in [1.54, 1.807) is 62.1 Å². The summed E-state index contributed by atoms with van der Waals surface area (Å²) in [5, 5.41) is 7.10. The summed E-state index contributed by atoms with van der Waals surface area (Å²) < 4.78 is 19.1. The maximum atomic E-state index is 12.7. The van der Waals surface area contributed by atoms with Crippen LogP contribution in [0.1, 0.15) is 22.2 Å². The summed E-state index contributed by atoms with van der Waals surface area (Å²) >= 11 is 0.211. The largest absolute Gasteiger partial charge is 0.593 e. The minimum Gasteiger partial charge on any atom is -0.593 e. The summed E-state index contributed by atoms with van der Waals surface area (Å²) in [4.78, 5) is 27.4. The molecule has 0 saturated carbocycles. The van der Waals surface area contributed by atoms with Crippen molar-refractivity contribution in [3.8, 4) is 5.75 Å². The summed E-state index contributed by atoms with van der Waals surface area (Å²) in [5.41, 5.74) is 4.39. The zero-order valence-corrected chi connectivity index (χ0v) is 20.6. The van der Waals surface area contributed by atoms with Crippen molar-refractivity contribution in [3.05, 3.63) is 47.1 Å². The Labute approximate surface area is 199 Å². The number of methoxy groups -OCH3 is 1. The van der Waals surface area contributed by atoms with E-state index in [4.69, 9.17) is 9.57 Å². The molecule has 0 aliphatic rings. The van der Waals surface area contributed by atoms with Gasteiger partial charge in [-0.3, -0.25) is 9.63 Å². The molecule has 1 unspecified atom stereocenters. The Morgan fingerprint density at radius 1 is 1.21 bits per heavy atom. The van der Waals surface area contributed by atoms with Gasteiger partial charge < -0.3 is 19.9 Å². The van der Waals surface area contributed by atoms with Gasteiger partial charge in [0, 0.05) is 29.4 Å². The quantitative estimate of drug-likeness (QED) is 0.288. The van der Waals surface area contributed by atoms with Gasteiger partial charge in [0.25, 0.3) is 5.91 Å². The van der Waals surface area contributed by atoms with Gasteiger partial charge in [0.2, 0.25) is 0 Å². The Morgan fingerprint density at radius 2 is 2.00 bits per heavy atom. The number of carbonyl (C=O) groups excluding carboxylic acids is 1. The van der Waals surface area contributed by atoms with Crippen LogP contribution in [-0.4, -0.2) is 47.4 Å². The fourth-order valence-electron chi connectivity index (χ4n) is 2.81. The number of ether oxygens (including phenoxy) is 1. The Balaban J connectivity index is 2.01. The first-order chi connectivity index (χ1) is 15.8. The predicted molar refractivity (Wildman–Crippen MR) is 132 cm³/mol. The second-order valence-corrected chi connectivity index (χ2v) is 9.44. The van der Waals surface area contributed by atoms with Gasteiger partial charge in [0.15, 0.2) is 5.13 Å². The number of nitrogens with one attached hydrogen (secondary N) is 3. The minimum atomic E-state index is -1.28. The number of benzene rings is 1. The fourth-order valence-corrected chi connectivity index (χ4v) is 3.91. The van der Waals surface area contributed by atoms with Crippen LogP contribution in [0.4, 0.5) is 28.0 Å². The molecular formula is C21H26N6O4S2. The smallest absolute Gasteiger partial charge is 0.278 e. The first-order valence-electron chi connectivity index (χ1n) is 9.96. The molecule has 1 atom stereocenters. The highest BCUT2D eigenvalue weighted by molar-refractivity contribution is 7.92. The van der Waals surface area contributed by atoms with Crippen LogP contribution in [0.2, 0.25) is 0 Å². The summed E-state index contributed by atoms with van der Waals surface area (Å²) in [5.74, 6) is 0.659. The van der Waals surface area contributed by atoms with E-state index in [0.717, 1.165) is 4.88 Å². The molecule has 0 saturated heterocycles. The lowest BCUT2D eigenvalue weighted by atomic mass is 10.2. The molecule has 1 amide bonds. The molecule has 2 aromatic heterocycles. The number of carbonyl (C=O) groups is 1. The number of thiazole rings is 1. The molecule has 0 aliphatic carbocycles. The standard InChI is InChI=1S/C21H26N6O4S2/c1-6-31-26-20(28)15-12-22-19(25-21-23-11-13(2)32-21)10-17(15)24-16-8-7-14(30-4)9-18(16)27(3)33(5)29/h7-12H,6H2,1-5H3,(H,26,28)(H2,22,23,24,25). The molecule has 1 aromatic carbocycles. The number of nitrogens with zero attached hydrogens (tertiary/aromatic N) is 3. The number of aryl methyl sites for hydroxylation is 1. The van der Waals surface area contributed by atoms with Crippen molar-refractivity contribution in [2.75, 3.05) is 42.0 Å². The average molecular weight is 491 g/mol. The molecule has 0 fully saturated rings. The SMILES string of the molecule is CCONC(=O)c1cnc(Nc2ncc(C)s2)cc1Nc1ccc(OC)cc1N(C)[S+](C)[O-]. The number of aromatic nitrogens is 2. The van der Waals surface area contributed by atoms with E-state index < -0.39 is 17.3 Å². The molecule has 0 spiro atoms. The summed E-state index contributed by atoms with van der Waals surface area (Å²) in [6.45, 7) is 4.05. The first-order valence-corrected chi connectivity index (χ1v) is 12.3. The Hall–Kier alpha value is -3.06. The van der Waals surface area contributed by atoms with E-state index in [1.807, 2.05) is 6.92 Å². The van der Waals surface area contributed by atoms with Crippen molar-refractivity contribution in [3.63, 3.8) is 0 Å². The molecule has 0 radical (unpaired) electrons. The van der Waals surface area contributed by atoms with E-state index in [-0.39, 0.29) is 5.56 Å². The van der Waals surface area contributed by atoms with E-state index in [2.05, 4.69) is 26.1 Å². The van der Waals surface area contributed by atoms with Gasteiger partial charge in [-0.2, -0.15) is 4.31 Å². The van der Waals surface area contributed by atoms with Crippen molar-refractivity contribution in [1.29, 1.82) is 0 Å². The molecule has 10 nitrogen and oxygen atoms in total. The van der Waals surface area contributed by atoms with Crippen LogP contribution >= 0.6 is 11.3 Å². The Kier molecular flexibility index (Phi) is 8.33. The van der Waals surface area contributed by atoms with Crippen LogP contribution in [0.5, 0.6) is 5.75 Å². The highest BCUT2D eigenvalue weighted by Gasteiger charge is 2.20. The van der Waals surface area contributed by atoms with Gasteiger partial charge in [0.1, 0.15) is 23.5 Å². The van der Waals surface area contributed by atoms with Crippen molar-refractivity contribution >= 4 is 56.6 Å². The lowest BCUT2D eigenvalue weighted by molar-refractivity contribution is 0.0365. The van der Waals surface area contributed by atoms with Gasteiger partial charge in [-0.05, 0) is 26.0 Å². The van der Waals surface area contributed by atoms with Crippen molar-refractivity contribution in [2.24, 2.45) is 0 Å². The lowest BCUT2D eigenvalue weighted by Gasteiger charge is -2.23. The molecule has 3 aromatic rings. The van der Waals surface area contributed by atoms with Crippen LogP contribution < -0.4 is 25.2 Å². The maximum Gasteiger partial charge on any atom is 0.278 e. The number of amides is 1. The lowest BCUT2D eigenvalue weighted by Crippen LogP contribution is -2.26. The number of hydrogen-bond acceptors (Lipinski definition) is 10. The van der Waals surface area contributed by atoms with Crippen LogP contribution in [0.15, 0.2) is 36.7 Å². The number of hydrogen-bond donors (Lipinski definition) is 3. The normalized spacial score (nSPS) is 11.6. The molecule has 176 valence electrons. The van der Waals surface area contributed by atoms with Gasteiger partial charge in [-0.15, -0.1) is 11.3 Å². The average Bonchev–Trinajstić information content (AvgIpc) is 3.21. The second kappa shape index (κ2) is 11.2. The predicted octanol–water partition coefficient (Wildman–Crippen LogP) is 3.75. The highest BCUT2D eigenvalue weighted by atomic mass is 32.2. The number of rotatable bonds is 10. The molecule has 3 N–H and O–H groups in total. The summed E-state index contributed by atoms with van der Waals surface area (Å²) in [7, 11) is 3.27. The molecule has 33 heavy (non-hydrogen) atoms. The van der Waals surface area contributed by atoms with Crippen LogP contribution in [0.3, 0.4) is 0 Å². The zero-order valence-electron chi connectivity index (χ0n) is 19.0. The van der Waals surface area contributed by atoms with E-state index in [1.165, 1.54) is 17.5 Å². The molecular weight excluding hydrogens is 464 g/mol. The van der Waals surface area contributed by atoms with Gasteiger partial charge >= 0.3 is 0 Å². The maximum absolute atomic E-state index is 12.7. The van der Waals surface area contributed by atoms with E-state index in [0.29, 0.717) is 40.4 Å². The topological polar surface area (TPSA) is 124 Å². The Bertz CT molecular complexity index is 1110. The van der Waals surface area contributed by atoms with Gasteiger partial charge in [-0.25, -0.2) is 15.4 Å². The van der Waals surface area contributed by atoms with Crippen molar-refractivity contribution in [2.45, 2.75) is 13.8 Å². The molecule has 3 rings (SSSR count). The van der Waals surface area contributed by atoms with Crippen molar-refractivity contribution in [1.82, 2.24) is 15.4 Å². The van der Waals surface area contributed by atoms with Gasteiger partial charge in [-0.1, -0.05) is 0 Å². The summed E-state index contributed by atoms with van der Waals surface area (Å²) in [6.07, 6.45) is 4.79. The van der Waals surface area contributed by atoms with Crippen LogP contribution in [0, 0.1) is 6.92 Å². The first kappa shape index (κ1) is 24.6. The fraction of sp³-hybridized carbons (Fsp3) is 0.286. The molecule has 0 aliphatic heterocycles. The van der Waals surface area contributed by atoms with Crippen molar-refractivity contribution < 1.29 is 18.9 Å². The zero-order chi connectivity index (χ0) is 24.0. The molecule has 12 heteroatoms. The van der Waals surface area contributed by atoms with Crippen LogP contribution in [-0.2, 0) is 16.2 Å². The Morgan fingerprint density at radius 3 is 2.64 bits per heavy atom. The minimum absolute atomic E-state index is 0.270. The number of anilines is 5. The molecule has 2 heterocycles. The second-order valence-electron chi connectivity index (χ2n) is 6.81. The third-order valence-corrected chi connectivity index (χ3v) is 6.31. The monoisotopic (exact) mass is 490 g/mol. The summed E-state index contributed by atoms with van der Waals surface area (Å²) in [6, 6.07) is 7.03. The third-order valence-electron chi connectivity index (χ3n) is 4.51. The van der Waals surface area contributed by atoms with Crippen LogP contribution in [0.25, 0.3) is 0 Å². The van der Waals surface area contributed by atoms with E-state index in [9.17, 15) is 9.35 Å². The number of hydroxylamine groups is 1. The number of pyridine rings is 1. The van der Waals surface area contributed by atoms with Gasteiger partial charge in [0.05, 0.1) is 49.1 Å². The third kappa shape index (κ3) is 6.26.